The molecule has 0 N–H and O–H groups in total. The minimum absolute atomic E-state index is 0.0274. The quantitative estimate of drug-likeness (QED) is 0.855. The van der Waals surface area contributed by atoms with E-state index in [4.69, 9.17) is 9.15 Å². The summed E-state index contributed by atoms with van der Waals surface area (Å²) in [7, 11) is 0. The van der Waals surface area contributed by atoms with Crippen LogP contribution in [0.15, 0.2) is 47.3 Å². The van der Waals surface area contributed by atoms with Crippen LogP contribution < -0.4 is 0 Å². The Balaban J connectivity index is 1.52. The highest BCUT2D eigenvalue weighted by Gasteiger charge is 2.44. The van der Waals surface area contributed by atoms with Crippen LogP contribution in [-0.2, 0) is 16.1 Å². The molecule has 0 spiro atoms. The number of rotatable bonds is 3. The van der Waals surface area contributed by atoms with Crippen LogP contribution in [-0.4, -0.2) is 53.5 Å². The van der Waals surface area contributed by atoms with Crippen LogP contribution in [0.25, 0.3) is 0 Å². The summed E-state index contributed by atoms with van der Waals surface area (Å²) >= 11 is 0. The van der Waals surface area contributed by atoms with Crippen molar-refractivity contribution in [2.24, 2.45) is 0 Å². The Morgan fingerprint density at radius 3 is 2.92 bits per heavy atom. The van der Waals surface area contributed by atoms with Crippen LogP contribution in [0, 0.1) is 6.92 Å². The van der Waals surface area contributed by atoms with E-state index in [1.54, 1.807) is 11.0 Å². The van der Waals surface area contributed by atoms with Crippen LogP contribution in [0.1, 0.15) is 21.5 Å². The van der Waals surface area contributed by atoms with Crippen molar-refractivity contribution in [2.45, 2.75) is 25.6 Å². The average Bonchev–Trinajstić information content (AvgIpc) is 3.26. The van der Waals surface area contributed by atoms with Gasteiger partial charge in [0.05, 0.1) is 24.0 Å². The summed E-state index contributed by atoms with van der Waals surface area (Å²) in [5, 5.41) is 0. The first-order valence-electron chi connectivity index (χ1n) is 8.40. The molecule has 2 aliphatic rings. The Kier molecular flexibility index (Phi) is 4.05. The number of hydrogen-bond acceptors (Lipinski definition) is 4. The fourth-order valence-electron chi connectivity index (χ4n) is 3.61. The van der Waals surface area contributed by atoms with Crippen molar-refractivity contribution in [3.8, 4) is 0 Å². The molecular weight excluding hydrogens is 320 g/mol. The van der Waals surface area contributed by atoms with E-state index in [-0.39, 0.29) is 30.6 Å². The van der Waals surface area contributed by atoms with E-state index in [1.807, 2.05) is 30.0 Å². The van der Waals surface area contributed by atoms with Crippen molar-refractivity contribution in [1.29, 1.82) is 0 Å². The van der Waals surface area contributed by atoms with Gasteiger partial charge in [-0.1, -0.05) is 29.8 Å². The number of likely N-dealkylation sites (tertiary alicyclic amines) is 1. The van der Waals surface area contributed by atoms with Crippen LogP contribution in [0.5, 0.6) is 0 Å². The number of ether oxygens (including phenoxy) is 1. The summed E-state index contributed by atoms with van der Waals surface area (Å²) in [4.78, 5) is 28.6. The lowest BCUT2D eigenvalue weighted by molar-refractivity contribution is -0.153. The van der Waals surface area contributed by atoms with E-state index >= 15 is 0 Å². The van der Waals surface area contributed by atoms with E-state index < -0.39 is 0 Å². The second-order valence-corrected chi connectivity index (χ2v) is 6.65. The number of nitrogens with zero attached hydrogens (tertiary/aromatic N) is 2. The monoisotopic (exact) mass is 340 g/mol. The predicted molar refractivity (Wildman–Crippen MR) is 89.9 cm³/mol. The first kappa shape index (κ1) is 15.9. The molecule has 0 radical (unpaired) electrons. The SMILES string of the molecule is Cc1cccc(CN2C(=O)CO[C@@H]3CN(C(=O)c4ccoc4)C[C@H]32)c1. The van der Waals surface area contributed by atoms with E-state index in [0.717, 1.165) is 11.1 Å². The number of hydrogen-bond donors (Lipinski definition) is 0. The maximum absolute atomic E-state index is 12.5. The van der Waals surface area contributed by atoms with Crippen molar-refractivity contribution >= 4 is 11.8 Å². The average molecular weight is 340 g/mol. The smallest absolute Gasteiger partial charge is 0.257 e. The Labute approximate surface area is 146 Å². The van der Waals surface area contributed by atoms with Gasteiger partial charge >= 0.3 is 0 Å². The molecule has 2 saturated heterocycles. The first-order chi connectivity index (χ1) is 12.1. The molecule has 1 aromatic carbocycles. The predicted octanol–water partition coefficient (Wildman–Crippen LogP) is 1.84. The highest BCUT2D eigenvalue weighted by molar-refractivity contribution is 5.94. The number of fused-ring (bicyclic) bond motifs is 1. The molecule has 6 nitrogen and oxygen atoms in total. The van der Waals surface area contributed by atoms with Gasteiger partial charge in [0.15, 0.2) is 0 Å². The highest BCUT2D eigenvalue weighted by Crippen LogP contribution is 2.26. The molecule has 6 heteroatoms. The number of benzene rings is 1. The fourth-order valence-corrected chi connectivity index (χ4v) is 3.61. The minimum Gasteiger partial charge on any atom is -0.472 e. The molecule has 2 aromatic rings. The van der Waals surface area contributed by atoms with Gasteiger partial charge in [-0.2, -0.15) is 0 Å². The Bertz CT molecular complexity index is 786. The van der Waals surface area contributed by atoms with Crippen molar-refractivity contribution in [2.75, 3.05) is 19.7 Å². The second kappa shape index (κ2) is 6.37. The molecule has 25 heavy (non-hydrogen) atoms. The Morgan fingerprint density at radius 2 is 2.16 bits per heavy atom. The molecule has 130 valence electrons. The van der Waals surface area contributed by atoms with Crippen molar-refractivity contribution in [3.05, 3.63) is 59.5 Å². The van der Waals surface area contributed by atoms with Gasteiger partial charge in [0.2, 0.25) is 5.91 Å². The molecule has 4 rings (SSSR count). The maximum Gasteiger partial charge on any atom is 0.257 e. The maximum atomic E-state index is 12.5. The van der Waals surface area contributed by atoms with Crippen molar-refractivity contribution in [1.82, 2.24) is 9.80 Å². The normalized spacial score (nSPS) is 23.0. The lowest BCUT2D eigenvalue weighted by atomic mass is 10.1. The summed E-state index contributed by atoms with van der Waals surface area (Å²) in [6.07, 6.45) is 2.79. The van der Waals surface area contributed by atoms with Gasteiger partial charge in [-0.05, 0) is 18.6 Å². The van der Waals surface area contributed by atoms with Gasteiger partial charge in [0, 0.05) is 19.6 Å². The van der Waals surface area contributed by atoms with Gasteiger partial charge in [-0.15, -0.1) is 0 Å². The topological polar surface area (TPSA) is 63.0 Å². The third kappa shape index (κ3) is 3.05. The van der Waals surface area contributed by atoms with Gasteiger partial charge < -0.3 is 19.0 Å². The molecule has 0 saturated carbocycles. The van der Waals surface area contributed by atoms with Crippen LogP contribution >= 0.6 is 0 Å². The third-order valence-electron chi connectivity index (χ3n) is 4.87. The zero-order chi connectivity index (χ0) is 17.4. The van der Waals surface area contributed by atoms with Gasteiger partial charge in [-0.25, -0.2) is 0 Å². The molecule has 3 heterocycles. The summed E-state index contributed by atoms with van der Waals surface area (Å²) in [5.74, 6) is -0.116. The lowest BCUT2D eigenvalue weighted by Crippen LogP contribution is -2.53. The van der Waals surface area contributed by atoms with Gasteiger partial charge in [0.25, 0.3) is 5.91 Å². The minimum atomic E-state index is -0.140. The molecule has 2 atom stereocenters. The summed E-state index contributed by atoms with van der Waals surface area (Å²) < 4.78 is 10.7. The van der Waals surface area contributed by atoms with E-state index in [0.29, 0.717) is 25.2 Å². The van der Waals surface area contributed by atoms with Gasteiger partial charge in [0.1, 0.15) is 12.9 Å². The van der Waals surface area contributed by atoms with E-state index in [1.165, 1.54) is 12.5 Å². The fraction of sp³-hybridized carbons (Fsp3) is 0.368. The Hall–Kier alpha value is -2.60. The van der Waals surface area contributed by atoms with Crippen LogP contribution in [0.3, 0.4) is 0 Å². The van der Waals surface area contributed by atoms with E-state index in [9.17, 15) is 9.59 Å². The lowest BCUT2D eigenvalue weighted by Gasteiger charge is -2.36. The summed E-state index contributed by atoms with van der Waals surface area (Å²) in [6, 6.07) is 9.68. The molecular formula is C19H20N2O4. The zero-order valence-electron chi connectivity index (χ0n) is 14.1. The Morgan fingerprint density at radius 1 is 1.28 bits per heavy atom. The zero-order valence-corrected chi connectivity index (χ0v) is 14.1. The second-order valence-electron chi connectivity index (χ2n) is 6.65. The third-order valence-corrected chi connectivity index (χ3v) is 4.87. The molecule has 2 amide bonds. The number of carbonyl (C=O) groups excluding carboxylic acids is 2. The summed E-state index contributed by atoms with van der Waals surface area (Å²) in [5.41, 5.74) is 2.78. The number of furan rings is 1. The van der Waals surface area contributed by atoms with Crippen LogP contribution in [0.2, 0.25) is 0 Å². The first-order valence-corrected chi connectivity index (χ1v) is 8.40. The van der Waals surface area contributed by atoms with Crippen molar-refractivity contribution in [3.63, 3.8) is 0 Å². The van der Waals surface area contributed by atoms with E-state index in [2.05, 4.69) is 6.07 Å². The molecule has 0 bridgehead atoms. The molecule has 0 aliphatic carbocycles. The number of aryl methyl sites for hydroxylation is 1. The molecule has 0 unspecified atom stereocenters. The molecule has 2 aliphatic heterocycles. The molecule has 2 fully saturated rings. The summed E-state index contributed by atoms with van der Waals surface area (Å²) in [6.45, 7) is 3.62. The van der Waals surface area contributed by atoms with Crippen LogP contribution in [0.4, 0.5) is 0 Å². The molecule has 1 aromatic heterocycles. The highest BCUT2D eigenvalue weighted by atomic mass is 16.5. The number of carbonyl (C=O) groups is 2. The number of amides is 2. The van der Waals surface area contributed by atoms with Crippen molar-refractivity contribution < 1.29 is 18.7 Å². The standard InChI is InChI=1S/C19H20N2O4/c1-13-3-2-4-14(7-13)8-21-16-9-20(10-17(16)25-12-18(21)22)19(23)15-5-6-24-11-15/h2-7,11,16-17H,8-10,12H2,1H3/t16-,17-/m1/s1. The largest absolute Gasteiger partial charge is 0.472 e. The number of morpholine rings is 1. The van der Waals surface area contributed by atoms with Gasteiger partial charge in [-0.3, -0.25) is 9.59 Å².